The van der Waals surface area contributed by atoms with Crippen LogP contribution in [-0.4, -0.2) is 17.7 Å². The molecule has 1 saturated heterocycles. The van der Waals surface area contributed by atoms with Gasteiger partial charge >= 0.3 is 5.30 Å². The van der Waals surface area contributed by atoms with Gasteiger partial charge in [0.2, 0.25) is 0 Å². The third kappa shape index (κ3) is 6.30. The van der Waals surface area contributed by atoms with Crippen LogP contribution in [0.15, 0.2) is 0 Å². The Balaban J connectivity index is 2.15. The number of ether oxygens (including phenoxy) is 1. The molecule has 0 spiro atoms. The predicted molar refractivity (Wildman–Crippen MR) is 60.7 cm³/mol. The van der Waals surface area contributed by atoms with Crippen LogP contribution in [0.2, 0.25) is 0 Å². The largest absolute Gasteiger partial charge is 0.458 e. The van der Waals surface area contributed by atoms with Crippen LogP contribution >= 0.6 is 11.8 Å². The van der Waals surface area contributed by atoms with Gasteiger partial charge in [-0.3, -0.25) is 0 Å². The van der Waals surface area contributed by atoms with Gasteiger partial charge in [-0.25, -0.2) is 4.79 Å². The van der Waals surface area contributed by atoms with Gasteiger partial charge in [-0.2, -0.15) is 0 Å². The number of carbonyl (C=O) groups is 1. The van der Waals surface area contributed by atoms with Gasteiger partial charge in [0.15, 0.2) is 0 Å². The number of carbonyl (C=O) groups excluding carboxylic acids is 1. The fourth-order valence-corrected chi connectivity index (χ4v) is 2.30. The average Bonchev–Trinajstić information content (AvgIpc) is 2.20. The van der Waals surface area contributed by atoms with Gasteiger partial charge in [0.25, 0.3) is 0 Å². The first kappa shape index (κ1) is 11.9. The second-order valence-electron chi connectivity index (χ2n) is 3.78. The second kappa shape index (κ2) is 8.16. The maximum atomic E-state index is 11.1. The Kier molecular flexibility index (Phi) is 6.93. The van der Waals surface area contributed by atoms with E-state index in [2.05, 4.69) is 0 Å². The maximum absolute atomic E-state index is 11.1. The van der Waals surface area contributed by atoms with E-state index >= 15 is 0 Å². The Morgan fingerprint density at radius 3 is 2.14 bits per heavy atom. The van der Waals surface area contributed by atoms with Crippen molar-refractivity contribution in [3.05, 3.63) is 0 Å². The second-order valence-corrected chi connectivity index (χ2v) is 4.81. The summed E-state index contributed by atoms with van der Waals surface area (Å²) in [5, 5.41) is -0.0794. The van der Waals surface area contributed by atoms with Crippen molar-refractivity contribution in [3.63, 3.8) is 0 Å². The minimum Gasteiger partial charge on any atom is -0.458 e. The van der Waals surface area contributed by atoms with Crippen molar-refractivity contribution in [3.8, 4) is 0 Å². The molecule has 14 heavy (non-hydrogen) atoms. The SMILES string of the molecule is O=C1OCCCCCCCCCCS1. The number of hydrogen-bond acceptors (Lipinski definition) is 3. The van der Waals surface area contributed by atoms with Gasteiger partial charge in [0.05, 0.1) is 6.61 Å². The van der Waals surface area contributed by atoms with Gasteiger partial charge in [-0.15, -0.1) is 0 Å². The number of thioether (sulfide) groups is 1. The summed E-state index contributed by atoms with van der Waals surface area (Å²) in [6, 6.07) is 0. The summed E-state index contributed by atoms with van der Waals surface area (Å²) in [6.45, 7) is 0.617. The van der Waals surface area contributed by atoms with Crippen molar-refractivity contribution in [2.75, 3.05) is 12.4 Å². The van der Waals surface area contributed by atoms with Crippen LogP contribution in [0.4, 0.5) is 4.79 Å². The molecule has 0 aliphatic carbocycles. The molecule has 1 aliphatic heterocycles. The normalized spacial score (nSPS) is 22.7. The molecule has 0 atom stereocenters. The van der Waals surface area contributed by atoms with E-state index in [1.165, 1.54) is 50.3 Å². The van der Waals surface area contributed by atoms with Gasteiger partial charge in [0.1, 0.15) is 0 Å². The van der Waals surface area contributed by atoms with Crippen LogP contribution in [0.5, 0.6) is 0 Å². The van der Waals surface area contributed by atoms with Crippen molar-refractivity contribution < 1.29 is 9.53 Å². The molecule has 0 bridgehead atoms. The zero-order valence-corrected chi connectivity index (χ0v) is 9.61. The summed E-state index contributed by atoms with van der Waals surface area (Å²) in [5.41, 5.74) is 0. The lowest BCUT2D eigenvalue weighted by atomic mass is 10.1. The third-order valence-electron chi connectivity index (χ3n) is 2.48. The van der Waals surface area contributed by atoms with Crippen LogP contribution < -0.4 is 0 Å². The number of hydrogen-bond donors (Lipinski definition) is 0. The highest BCUT2D eigenvalue weighted by molar-refractivity contribution is 8.13. The standard InChI is InChI=1S/C11H20O2S/c12-11-13-9-7-5-3-1-2-4-6-8-10-14-11/h1-10H2. The minimum absolute atomic E-state index is 0.0794. The molecule has 1 heterocycles. The van der Waals surface area contributed by atoms with Crippen LogP contribution in [0.25, 0.3) is 0 Å². The fraction of sp³-hybridized carbons (Fsp3) is 0.909. The van der Waals surface area contributed by atoms with E-state index in [0.29, 0.717) is 6.61 Å². The highest BCUT2D eigenvalue weighted by Gasteiger charge is 2.03. The molecule has 0 aromatic heterocycles. The minimum atomic E-state index is -0.0794. The van der Waals surface area contributed by atoms with E-state index in [-0.39, 0.29) is 5.30 Å². The topological polar surface area (TPSA) is 26.3 Å². The van der Waals surface area contributed by atoms with Gasteiger partial charge in [-0.1, -0.05) is 38.5 Å². The summed E-state index contributed by atoms with van der Waals surface area (Å²) >= 11 is 1.34. The van der Waals surface area contributed by atoms with Gasteiger partial charge in [0, 0.05) is 5.75 Å². The molecule has 82 valence electrons. The van der Waals surface area contributed by atoms with Gasteiger partial charge < -0.3 is 4.74 Å². The predicted octanol–water partition coefficient (Wildman–Crippen LogP) is 3.99. The Bertz CT molecular complexity index is 143. The van der Waals surface area contributed by atoms with Crippen molar-refractivity contribution >= 4 is 17.1 Å². The fourth-order valence-electron chi connectivity index (χ4n) is 1.62. The number of cyclic esters (lactones) is 1. The molecular formula is C11H20O2S. The summed E-state index contributed by atoms with van der Waals surface area (Å²) in [7, 11) is 0. The Morgan fingerprint density at radius 1 is 0.857 bits per heavy atom. The lowest BCUT2D eigenvalue weighted by molar-refractivity contribution is 0.172. The molecule has 0 saturated carbocycles. The number of rotatable bonds is 0. The third-order valence-corrected chi connectivity index (χ3v) is 3.32. The first-order valence-electron chi connectivity index (χ1n) is 5.69. The molecule has 2 nitrogen and oxygen atoms in total. The lowest BCUT2D eigenvalue weighted by Gasteiger charge is -2.02. The van der Waals surface area contributed by atoms with Crippen LogP contribution in [0.3, 0.4) is 0 Å². The average molecular weight is 216 g/mol. The molecular weight excluding hydrogens is 196 g/mol. The van der Waals surface area contributed by atoms with Crippen molar-refractivity contribution in [1.82, 2.24) is 0 Å². The van der Waals surface area contributed by atoms with E-state index in [0.717, 1.165) is 18.6 Å². The van der Waals surface area contributed by atoms with Crippen LogP contribution in [0.1, 0.15) is 51.4 Å². The molecule has 1 fully saturated rings. The zero-order valence-electron chi connectivity index (χ0n) is 8.80. The first-order chi connectivity index (χ1) is 6.89. The summed E-state index contributed by atoms with van der Waals surface area (Å²) in [4.78, 5) is 11.1. The molecule has 0 amide bonds. The molecule has 0 radical (unpaired) electrons. The molecule has 0 aromatic rings. The quantitative estimate of drug-likeness (QED) is 0.573. The maximum Gasteiger partial charge on any atom is 0.367 e. The van der Waals surface area contributed by atoms with Crippen LogP contribution in [-0.2, 0) is 4.74 Å². The van der Waals surface area contributed by atoms with E-state index in [1.807, 2.05) is 0 Å². The molecule has 0 N–H and O–H groups in total. The summed E-state index contributed by atoms with van der Waals surface area (Å²) in [6.07, 6.45) is 9.99. The summed E-state index contributed by atoms with van der Waals surface area (Å²) < 4.78 is 5.08. The molecule has 0 unspecified atom stereocenters. The van der Waals surface area contributed by atoms with Crippen molar-refractivity contribution in [2.24, 2.45) is 0 Å². The van der Waals surface area contributed by atoms with Crippen LogP contribution in [0, 0.1) is 0 Å². The van der Waals surface area contributed by atoms with Crippen molar-refractivity contribution in [1.29, 1.82) is 0 Å². The molecule has 1 rings (SSSR count). The monoisotopic (exact) mass is 216 g/mol. The Hall–Kier alpha value is -0.180. The lowest BCUT2D eigenvalue weighted by Crippen LogP contribution is -2.00. The van der Waals surface area contributed by atoms with Crippen molar-refractivity contribution in [2.45, 2.75) is 51.4 Å². The van der Waals surface area contributed by atoms with E-state index in [9.17, 15) is 4.79 Å². The molecule has 0 aromatic carbocycles. The highest BCUT2D eigenvalue weighted by atomic mass is 32.2. The van der Waals surface area contributed by atoms with E-state index in [4.69, 9.17) is 4.74 Å². The Morgan fingerprint density at radius 2 is 1.43 bits per heavy atom. The van der Waals surface area contributed by atoms with E-state index < -0.39 is 0 Å². The smallest absolute Gasteiger partial charge is 0.367 e. The molecule has 3 heteroatoms. The zero-order chi connectivity index (χ0) is 10.1. The first-order valence-corrected chi connectivity index (χ1v) is 6.68. The molecule has 1 aliphatic rings. The summed E-state index contributed by atoms with van der Waals surface area (Å²) in [5.74, 6) is 0.929. The van der Waals surface area contributed by atoms with Gasteiger partial charge in [-0.05, 0) is 24.6 Å². The van der Waals surface area contributed by atoms with E-state index in [1.54, 1.807) is 0 Å². The Labute approximate surface area is 90.8 Å². The highest BCUT2D eigenvalue weighted by Crippen LogP contribution is 2.14.